The van der Waals surface area contributed by atoms with E-state index in [-0.39, 0.29) is 5.56 Å². The summed E-state index contributed by atoms with van der Waals surface area (Å²) in [6.45, 7) is 4.35. The first-order valence-corrected chi connectivity index (χ1v) is 13.0. The Kier molecular flexibility index (Phi) is 6.32. The molecule has 0 spiro atoms. The van der Waals surface area contributed by atoms with Gasteiger partial charge in [0.2, 0.25) is 0 Å². The quantitative estimate of drug-likeness (QED) is 0.316. The third kappa shape index (κ3) is 4.40. The molecule has 160 valence electrons. The molecule has 0 radical (unpaired) electrons. The van der Waals surface area contributed by atoms with Crippen LogP contribution in [-0.2, 0) is 12.3 Å². The molecule has 2 aromatic heterocycles. The Bertz CT molecular complexity index is 1280. The van der Waals surface area contributed by atoms with E-state index in [0.29, 0.717) is 12.3 Å². The molecule has 0 aliphatic carbocycles. The van der Waals surface area contributed by atoms with Crippen LogP contribution in [0.25, 0.3) is 20.3 Å². The number of hydrogen-bond acceptors (Lipinski definition) is 4. The van der Waals surface area contributed by atoms with Gasteiger partial charge in [-0.2, -0.15) is 0 Å². The Labute approximate surface area is 194 Å². The van der Waals surface area contributed by atoms with Gasteiger partial charge in [0.1, 0.15) is 4.70 Å². The number of fused-ring (bicyclic) bond motifs is 3. The van der Waals surface area contributed by atoms with Crippen molar-refractivity contribution in [2.75, 3.05) is 19.6 Å². The third-order valence-electron chi connectivity index (χ3n) is 5.98. The highest BCUT2D eigenvalue weighted by Gasteiger charge is 2.18. The number of benzene rings is 2. The molecule has 1 aliphatic rings. The number of nitrogens with zero attached hydrogens (tertiary/aromatic N) is 2. The van der Waals surface area contributed by atoms with Crippen LogP contribution in [-0.4, -0.2) is 29.2 Å². The van der Waals surface area contributed by atoms with Crippen LogP contribution in [0.15, 0.2) is 58.5 Å². The zero-order valence-corrected chi connectivity index (χ0v) is 19.7. The molecule has 1 aliphatic heterocycles. The van der Waals surface area contributed by atoms with Crippen molar-refractivity contribution in [1.82, 2.24) is 9.55 Å². The molecule has 5 rings (SSSR count). The highest BCUT2D eigenvalue weighted by atomic mass is 35.5. The van der Waals surface area contributed by atoms with Gasteiger partial charge in [0.05, 0.1) is 25.2 Å². The van der Waals surface area contributed by atoms with Gasteiger partial charge in [-0.05, 0) is 17.7 Å². The zero-order valence-electron chi connectivity index (χ0n) is 17.3. The van der Waals surface area contributed by atoms with Crippen LogP contribution in [0, 0.1) is 0 Å². The predicted octanol–water partition coefficient (Wildman–Crippen LogP) is 4.63. The summed E-state index contributed by atoms with van der Waals surface area (Å²) < 4.78 is 3.77. The van der Waals surface area contributed by atoms with Crippen LogP contribution >= 0.6 is 34.7 Å². The second-order valence-corrected chi connectivity index (χ2v) is 10.5. The van der Waals surface area contributed by atoms with Gasteiger partial charge in [-0.15, -0.1) is 11.3 Å². The smallest absolute Gasteiger partial charge is 0.272 e. The second-order valence-electron chi connectivity index (χ2n) is 8.07. The molecule has 1 saturated heterocycles. The molecule has 3 heterocycles. The standard InChI is InChI=1S/C24H24ClN3OS2/c25-19-10-3-1-8-17(19)16-30-24-26-21-18-9-2-4-11-20(18)31-22(21)23(29)28(24)15-7-14-27-12-5-6-13-27/h1-4,8-11H,5-7,12-16H2/p+1. The molecule has 31 heavy (non-hydrogen) atoms. The highest BCUT2D eigenvalue weighted by molar-refractivity contribution is 7.98. The summed E-state index contributed by atoms with van der Waals surface area (Å²) in [6.07, 6.45) is 3.64. The number of halogens is 1. The van der Waals surface area contributed by atoms with E-state index >= 15 is 0 Å². The molecule has 4 nitrogen and oxygen atoms in total. The van der Waals surface area contributed by atoms with Crippen molar-refractivity contribution < 1.29 is 4.90 Å². The second kappa shape index (κ2) is 9.33. The summed E-state index contributed by atoms with van der Waals surface area (Å²) in [5.74, 6) is 0.692. The average molecular weight is 471 g/mol. The highest BCUT2D eigenvalue weighted by Crippen LogP contribution is 2.33. The van der Waals surface area contributed by atoms with Gasteiger partial charge in [0, 0.05) is 46.7 Å². The van der Waals surface area contributed by atoms with Crippen LogP contribution < -0.4 is 10.5 Å². The number of quaternary nitrogens is 1. The molecule has 1 N–H and O–H groups in total. The van der Waals surface area contributed by atoms with Gasteiger partial charge in [-0.25, -0.2) is 4.98 Å². The first-order chi connectivity index (χ1) is 15.2. The fourth-order valence-corrected chi connectivity index (χ4v) is 6.73. The van der Waals surface area contributed by atoms with Gasteiger partial charge in [0.15, 0.2) is 5.16 Å². The minimum absolute atomic E-state index is 0.0873. The summed E-state index contributed by atoms with van der Waals surface area (Å²) in [5.41, 5.74) is 1.98. The summed E-state index contributed by atoms with van der Waals surface area (Å²) in [7, 11) is 0. The van der Waals surface area contributed by atoms with Crippen LogP contribution in [0.3, 0.4) is 0 Å². The molecule has 0 bridgehead atoms. The SMILES string of the molecule is O=c1c2sc3ccccc3c2nc(SCc2ccccc2Cl)n1CCC[NH+]1CCCC1. The molecule has 0 amide bonds. The Hall–Kier alpha value is -1.86. The lowest BCUT2D eigenvalue weighted by Gasteiger charge is -2.15. The lowest BCUT2D eigenvalue weighted by Crippen LogP contribution is -3.10. The summed E-state index contributed by atoms with van der Waals surface area (Å²) in [6, 6.07) is 16.0. The van der Waals surface area contributed by atoms with E-state index < -0.39 is 0 Å². The Morgan fingerprint density at radius 2 is 1.87 bits per heavy atom. The summed E-state index contributed by atoms with van der Waals surface area (Å²) in [5, 5.41) is 2.61. The largest absolute Gasteiger partial charge is 0.335 e. The van der Waals surface area contributed by atoms with E-state index in [1.54, 1.807) is 28.0 Å². The van der Waals surface area contributed by atoms with Crippen LogP contribution in [0.4, 0.5) is 0 Å². The zero-order chi connectivity index (χ0) is 21.2. The van der Waals surface area contributed by atoms with Gasteiger partial charge in [0.25, 0.3) is 5.56 Å². The van der Waals surface area contributed by atoms with E-state index in [9.17, 15) is 4.79 Å². The number of nitrogens with one attached hydrogen (secondary N) is 1. The maximum Gasteiger partial charge on any atom is 0.272 e. The maximum atomic E-state index is 13.5. The fourth-order valence-electron chi connectivity index (χ4n) is 4.33. The van der Waals surface area contributed by atoms with Crippen LogP contribution in [0.5, 0.6) is 0 Å². The normalized spacial score (nSPS) is 14.7. The van der Waals surface area contributed by atoms with E-state index in [1.165, 1.54) is 25.9 Å². The number of thiophene rings is 1. The first kappa shape index (κ1) is 21.0. The van der Waals surface area contributed by atoms with E-state index in [4.69, 9.17) is 16.6 Å². The van der Waals surface area contributed by atoms with E-state index in [1.807, 2.05) is 41.0 Å². The minimum atomic E-state index is 0.0873. The molecule has 7 heteroatoms. The van der Waals surface area contributed by atoms with Crippen molar-refractivity contribution in [1.29, 1.82) is 0 Å². The van der Waals surface area contributed by atoms with Gasteiger partial charge in [-0.1, -0.05) is 59.8 Å². The number of likely N-dealkylation sites (tertiary alicyclic amines) is 1. The molecule has 0 unspecified atom stereocenters. The van der Waals surface area contributed by atoms with Crippen molar-refractivity contribution in [3.05, 3.63) is 69.5 Å². The summed E-state index contributed by atoms with van der Waals surface area (Å²) >= 11 is 9.53. The lowest BCUT2D eigenvalue weighted by atomic mass is 10.2. The van der Waals surface area contributed by atoms with Gasteiger partial charge in [-0.3, -0.25) is 9.36 Å². The van der Waals surface area contributed by atoms with Crippen molar-refractivity contribution >= 4 is 55.0 Å². The predicted molar refractivity (Wildman–Crippen MR) is 132 cm³/mol. The molecule has 0 atom stereocenters. The molecule has 4 aromatic rings. The number of rotatable bonds is 7. The Morgan fingerprint density at radius 3 is 2.71 bits per heavy atom. The van der Waals surface area contributed by atoms with Crippen molar-refractivity contribution in [2.45, 2.75) is 36.7 Å². The molecule has 1 fully saturated rings. The first-order valence-electron chi connectivity index (χ1n) is 10.8. The maximum absolute atomic E-state index is 13.5. The average Bonchev–Trinajstić information content (AvgIpc) is 3.43. The number of hydrogen-bond donors (Lipinski definition) is 1. The third-order valence-corrected chi connectivity index (χ3v) is 8.53. The van der Waals surface area contributed by atoms with E-state index in [0.717, 1.165) is 49.0 Å². The van der Waals surface area contributed by atoms with Crippen molar-refractivity contribution in [3.63, 3.8) is 0 Å². The van der Waals surface area contributed by atoms with Crippen molar-refractivity contribution in [3.8, 4) is 0 Å². The fraction of sp³-hybridized carbons (Fsp3) is 0.333. The topological polar surface area (TPSA) is 39.3 Å². The Morgan fingerprint density at radius 1 is 1.10 bits per heavy atom. The summed E-state index contributed by atoms with van der Waals surface area (Å²) in [4.78, 5) is 20.2. The molecular weight excluding hydrogens is 446 g/mol. The van der Waals surface area contributed by atoms with Crippen LogP contribution in [0.1, 0.15) is 24.8 Å². The monoisotopic (exact) mass is 470 g/mol. The number of thioether (sulfide) groups is 1. The van der Waals surface area contributed by atoms with Gasteiger partial charge >= 0.3 is 0 Å². The molecule has 0 saturated carbocycles. The minimum Gasteiger partial charge on any atom is -0.335 e. The molecule has 2 aromatic carbocycles. The van der Waals surface area contributed by atoms with Crippen LogP contribution in [0.2, 0.25) is 5.02 Å². The molecular formula is C24H25ClN3OS2+. The van der Waals surface area contributed by atoms with E-state index in [2.05, 4.69) is 12.1 Å². The Balaban J connectivity index is 1.50. The number of aromatic nitrogens is 2. The van der Waals surface area contributed by atoms with Gasteiger partial charge < -0.3 is 4.90 Å². The van der Waals surface area contributed by atoms with Crippen molar-refractivity contribution in [2.24, 2.45) is 0 Å². The lowest BCUT2D eigenvalue weighted by molar-refractivity contribution is -0.887.